The van der Waals surface area contributed by atoms with Crippen molar-refractivity contribution in [3.63, 3.8) is 0 Å². The third-order valence-electron chi connectivity index (χ3n) is 3.67. The van der Waals surface area contributed by atoms with Gasteiger partial charge in [0.05, 0.1) is 6.61 Å². The van der Waals surface area contributed by atoms with E-state index in [0.717, 1.165) is 32.1 Å². The SMILES string of the molecule is CCOC(=O)C1(N)CCCC12CC2. The Morgan fingerprint density at radius 2 is 2.08 bits per heavy atom. The van der Waals surface area contributed by atoms with Crippen molar-refractivity contribution in [2.45, 2.75) is 44.6 Å². The van der Waals surface area contributed by atoms with Crippen molar-refractivity contribution in [2.24, 2.45) is 11.1 Å². The first-order chi connectivity index (χ1) is 6.15. The fraction of sp³-hybridized carbons (Fsp3) is 0.900. The first-order valence-corrected chi connectivity index (χ1v) is 5.11. The number of carbonyl (C=O) groups is 1. The molecule has 0 radical (unpaired) electrons. The van der Waals surface area contributed by atoms with Crippen LogP contribution >= 0.6 is 0 Å². The average molecular weight is 183 g/mol. The summed E-state index contributed by atoms with van der Waals surface area (Å²) in [7, 11) is 0. The van der Waals surface area contributed by atoms with E-state index in [1.54, 1.807) is 0 Å². The number of esters is 1. The largest absolute Gasteiger partial charge is 0.465 e. The van der Waals surface area contributed by atoms with Gasteiger partial charge in [0, 0.05) is 0 Å². The molecule has 3 heteroatoms. The minimum Gasteiger partial charge on any atom is -0.465 e. The molecule has 1 spiro atoms. The van der Waals surface area contributed by atoms with Gasteiger partial charge in [-0.05, 0) is 38.0 Å². The summed E-state index contributed by atoms with van der Waals surface area (Å²) in [6.07, 6.45) is 5.23. The molecule has 0 bridgehead atoms. The quantitative estimate of drug-likeness (QED) is 0.655. The van der Waals surface area contributed by atoms with Gasteiger partial charge in [-0.3, -0.25) is 4.79 Å². The van der Waals surface area contributed by atoms with Crippen LogP contribution < -0.4 is 5.73 Å². The zero-order chi connectivity index (χ0) is 9.53. The van der Waals surface area contributed by atoms with Gasteiger partial charge >= 0.3 is 5.97 Å². The highest BCUT2D eigenvalue weighted by atomic mass is 16.5. The van der Waals surface area contributed by atoms with Crippen LogP contribution in [0.25, 0.3) is 0 Å². The minimum absolute atomic E-state index is 0.124. The number of rotatable bonds is 2. The molecular weight excluding hydrogens is 166 g/mol. The second kappa shape index (κ2) is 2.71. The first-order valence-electron chi connectivity index (χ1n) is 5.11. The molecule has 2 fully saturated rings. The lowest BCUT2D eigenvalue weighted by molar-refractivity contribution is -0.151. The van der Waals surface area contributed by atoms with Crippen LogP contribution in [0.15, 0.2) is 0 Å². The molecule has 3 nitrogen and oxygen atoms in total. The zero-order valence-electron chi connectivity index (χ0n) is 8.14. The van der Waals surface area contributed by atoms with Crippen molar-refractivity contribution < 1.29 is 9.53 Å². The highest BCUT2D eigenvalue weighted by molar-refractivity contribution is 5.83. The Labute approximate surface area is 78.6 Å². The molecule has 1 unspecified atom stereocenters. The summed E-state index contributed by atoms with van der Waals surface area (Å²) in [4.78, 5) is 11.7. The topological polar surface area (TPSA) is 52.3 Å². The van der Waals surface area contributed by atoms with Gasteiger partial charge in [0.25, 0.3) is 0 Å². The zero-order valence-corrected chi connectivity index (χ0v) is 8.14. The molecule has 2 aliphatic carbocycles. The lowest BCUT2D eigenvalue weighted by Crippen LogP contribution is -2.53. The maximum atomic E-state index is 11.7. The van der Waals surface area contributed by atoms with Gasteiger partial charge < -0.3 is 10.5 Å². The van der Waals surface area contributed by atoms with Crippen molar-refractivity contribution in [1.29, 1.82) is 0 Å². The Balaban J connectivity index is 2.14. The third kappa shape index (κ3) is 1.10. The predicted octanol–water partition coefficient (Wildman–Crippen LogP) is 1.21. The summed E-state index contributed by atoms with van der Waals surface area (Å²) < 4.78 is 5.04. The van der Waals surface area contributed by atoms with E-state index in [0.29, 0.717) is 6.61 Å². The minimum atomic E-state index is -0.650. The number of hydrogen-bond donors (Lipinski definition) is 1. The Morgan fingerprint density at radius 3 is 2.62 bits per heavy atom. The van der Waals surface area contributed by atoms with Gasteiger partial charge in [0.1, 0.15) is 5.54 Å². The van der Waals surface area contributed by atoms with E-state index in [1.807, 2.05) is 6.92 Å². The second-order valence-corrected chi connectivity index (χ2v) is 4.33. The second-order valence-electron chi connectivity index (χ2n) is 4.33. The predicted molar refractivity (Wildman–Crippen MR) is 49.1 cm³/mol. The molecule has 0 aromatic carbocycles. The number of nitrogens with two attached hydrogens (primary N) is 1. The van der Waals surface area contributed by atoms with Gasteiger partial charge in [-0.15, -0.1) is 0 Å². The third-order valence-corrected chi connectivity index (χ3v) is 3.67. The molecule has 0 aromatic rings. The molecule has 2 aliphatic rings. The van der Waals surface area contributed by atoms with Crippen LogP contribution in [-0.2, 0) is 9.53 Å². The van der Waals surface area contributed by atoms with E-state index in [1.165, 1.54) is 0 Å². The molecule has 2 N–H and O–H groups in total. The Bertz CT molecular complexity index is 235. The van der Waals surface area contributed by atoms with Gasteiger partial charge in [-0.1, -0.05) is 6.42 Å². The van der Waals surface area contributed by atoms with E-state index in [4.69, 9.17) is 10.5 Å². The summed E-state index contributed by atoms with van der Waals surface area (Å²) in [6, 6.07) is 0. The molecule has 74 valence electrons. The van der Waals surface area contributed by atoms with Crippen LogP contribution in [0.2, 0.25) is 0 Å². The summed E-state index contributed by atoms with van der Waals surface area (Å²) in [6.45, 7) is 2.27. The van der Waals surface area contributed by atoms with Crippen LogP contribution in [0.1, 0.15) is 39.0 Å². The first kappa shape index (κ1) is 9.00. The van der Waals surface area contributed by atoms with Gasteiger partial charge in [-0.2, -0.15) is 0 Å². The van der Waals surface area contributed by atoms with Crippen LogP contribution in [0.5, 0.6) is 0 Å². The van der Waals surface area contributed by atoms with Crippen molar-refractivity contribution in [3.05, 3.63) is 0 Å². The molecule has 0 aromatic heterocycles. The molecule has 2 saturated carbocycles. The maximum Gasteiger partial charge on any atom is 0.326 e. The van der Waals surface area contributed by atoms with E-state index in [-0.39, 0.29) is 11.4 Å². The number of hydrogen-bond acceptors (Lipinski definition) is 3. The molecule has 0 saturated heterocycles. The Hall–Kier alpha value is -0.570. The smallest absolute Gasteiger partial charge is 0.326 e. The van der Waals surface area contributed by atoms with Crippen molar-refractivity contribution >= 4 is 5.97 Å². The monoisotopic (exact) mass is 183 g/mol. The van der Waals surface area contributed by atoms with Crippen LogP contribution in [0.4, 0.5) is 0 Å². The molecule has 2 rings (SSSR count). The van der Waals surface area contributed by atoms with Gasteiger partial charge in [0.15, 0.2) is 0 Å². The fourth-order valence-electron chi connectivity index (χ4n) is 2.62. The van der Waals surface area contributed by atoms with Crippen LogP contribution in [-0.4, -0.2) is 18.1 Å². The number of ether oxygens (including phenoxy) is 1. The Kier molecular flexibility index (Phi) is 1.88. The van der Waals surface area contributed by atoms with Gasteiger partial charge in [-0.25, -0.2) is 0 Å². The summed E-state index contributed by atoms with van der Waals surface area (Å²) >= 11 is 0. The Morgan fingerprint density at radius 1 is 1.38 bits per heavy atom. The molecule has 13 heavy (non-hydrogen) atoms. The lowest BCUT2D eigenvalue weighted by atomic mass is 9.85. The summed E-state index contributed by atoms with van der Waals surface area (Å²) in [5.41, 5.74) is 5.63. The fourth-order valence-corrected chi connectivity index (χ4v) is 2.62. The normalized spacial score (nSPS) is 34.9. The average Bonchev–Trinajstić information content (AvgIpc) is 2.78. The van der Waals surface area contributed by atoms with E-state index in [9.17, 15) is 4.79 Å². The van der Waals surface area contributed by atoms with Crippen molar-refractivity contribution in [1.82, 2.24) is 0 Å². The highest BCUT2D eigenvalue weighted by Crippen LogP contribution is 2.62. The molecular formula is C10H17NO2. The van der Waals surface area contributed by atoms with Crippen molar-refractivity contribution in [3.8, 4) is 0 Å². The van der Waals surface area contributed by atoms with E-state index < -0.39 is 5.54 Å². The van der Waals surface area contributed by atoms with Crippen molar-refractivity contribution in [2.75, 3.05) is 6.61 Å². The maximum absolute atomic E-state index is 11.7. The lowest BCUT2D eigenvalue weighted by Gasteiger charge is -2.28. The van der Waals surface area contributed by atoms with E-state index >= 15 is 0 Å². The standard InChI is InChI=1S/C10H17NO2/c1-2-13-8(12)10(11)5-3-4-9(10)6-7-9/h2-7,11H2,1H3. The molecule has 0 aliphatic heterocycles. The molecule has 1 atom stereocenters. The van der Waals surface area contributed by atoms with Crippen LogP contribution in [0.3, 0.4) is 0 Å². The highest BCUT2D eigenvalue weighted by Gasteiger charge is 2.64. The summed E-state index contributed by atoms with van der Waals surface area (Å²) in [5.74, 6) is -0.176. The molecule has 0 heterocycles. The van der Waals surface area contributed by atoms with Gasteiger partial charge in [0.2, 0.25) is 0 Å². The molecule has 0 amide bonds. The number of carbonyl (C=O) groups excluding carboxylic acids is 1. The van der Waals surface area contributed by atoms with E-state index in [2.05, 4.69) is 0 Å². The summed E-state index contributed by atoms with van der Waals surface area (Å²) in [5, 5.41) is 0. The van der Waals surface area contributed by atoms with Crippen LogP contribution in [0, 0.1) is 5.41 Å².